The molecule has 0 atom stereocenters. The van der Waals surface area contributed by atoms with Crippen LogP contribution in [0.4, 0.5) is 0 Å². The summed E-state index contributed by atoms with van der Waals surface area (Å²) in [7, 11) is 0.855. The Balaban J connectivity index is 2.44. The predicted octanol–water partition coefficient (Wildman–Crippen LogP) is 0.0188. The summed E-state index contributed by atoms with van der Waals surface area (Å²) in [5, 5.41) is 3.67. The lowest BCUT2D eigenvalue weighted by atomic mass is 10.2. The number of hydrogen-bond donors (Lipinski definition) is 1. The average molecular weight is 335 g/mol. The topological polar surface area (TPSA) is 128 Å². The third-order valence-corrected chi connectivity index (χ3v) is 3.85. The number of aromatic nitrogens is 4. The van der Waals surface area contributed by atoms with Crippen molar-refractivity contribution in [1.82, 2.24) is 19.7 Å². The van der Waals surface area contributed by atoms with E-state index in [9.17, 15) is 18.0 Å². The third kappa shape index (κ3) is 3.39. The summed E-state index contributed by atoms with van der Waals surface area (Å²) >= 11 is 0. The van der Waals surface area contributed by atoms with E-state index in [2.05, 4.69) is 10.1 Å². The van der Waals surface area contributed by atoms with Gasteiger partial charge in [-0.15, -0.1) is 0 Å². The van der Waals surface area contributed by atoms with E-state index < -0.39 is 25.2 Å². The van der Waals surface area contributed by atoms with Gasteiger partial charge in [0, 0.05) is 22.8 Å². The normalized spacial score (nSPS) is 12.0. The van der Waals surface area contributed by atoms with Crippen LogP contribution >= 0.6 is 10.7 Å². The number of aromatic amines is 1. The molecule has 0 aliphatic heterocycles. The quantitative estimate of drug-likeness (QED) is 0.780. The Kier molecular flexibility index (Phi) is 4.01. The second-order valence-electron chi connectivity index (χ2n) is 4.52. The molecule has 0 spiro atoms. The summed E-state index contributed by atoms with van der Waals surface area (Å²) in [6, 6.07) is 0. The Morgan fingerprint density at radius 1 is 1.43 bits per heavy atom. The van der Waals surface area contributed by atoms with E-state index in [1.54, 1.807) is 0 Å². The van der Waals surface area contributed by atoms with E-state index >= 15 is 0 Å². The lowest BCUT2D eigenvalue weighted by Crippen LogP contribution is -2.32. The van der Waals surface area contributed by atoms with Crippen LogP contribution in [0, 0.1) is 0 Å². The van der Waals surface area contributed by atoms with Crippen LogP contribution in [0.2, 0.25) is 0 Å². The second-order valence-corrected chi connectivity index (χ2v) is 7.06. The molecule has 0 aromatic carbocycles. The molecule has 1 N–H and O–H groups in total. The molecule has 0 aliphatic rings. The molecule has 0 unspecified atom stereocenters. The Bertz CT molecular complexity index is 879. The van der Waals surface area contributed by atoms with Crippen molar-refractivity contribution >= 4 is 19.7 Å². The molecular formula is C10H11ClN4O5S. The standard InChI is InChI=1S/C10H11ClN4O5S/c1-5(2)9-12-7(14-20-9)4-15-3-6(21(11,18)19)8(16)13-10(15)17/h3,5H,4H2,1-2H3,(H,13,16,17). The highest BCUT2D eigenvalue weighted by Crippen LogP contribution is 2.12. The Labute approximate surface area is 123 Å². The number of nitrogens with one attached hydrogen (secondary N) is 1. The summed E-state index contributed by atoms with van der Waals surface area (Å²) in [5.41, 5.74) is -1.89. The molecule has 11 heteroatoms. The van der Waals surface area contributed by atoms with Gasteiger partial charge in [-0.25, -0.2) is 13.2 Å². The van der Waals surface area contributed by atoms with Crippen molar-refractivity contribution < 1.29 is 12.9 Å². The summed E-state index contributed by atoms with van der Waals surface area (Å²) < 4.78 is 28.4. The molecule has 9 nitrogen and oxygen atoms in total. The van der Waals surface area contributed by atoms with E-state index in [0.29, 0.717) is 5.89 Å². The van der Waals surface area contributed by atoms with Gasteiger partial charge in [-0.05, 0) is 0 Å². The van der Waals surface area contributed by atoms with Gasteiger partial charge in [0.25, 0.3) is 14.6 Å². The van der Waals surface area contributed by atoms with Crippen molar-refractivity contribution in [2.45, 2.75) is 31.2 Å². The number of hydrogen-bond acceptors (Lipinski definition) is 7. The van der Waals surface area contributed by atoms with E-state index in [1.165, 1.54) is 0 Å². The van der Waals surface area contributed by atoms with Gasteiger partial charge >= 0.3 is 5.69 Å². The minimum atomic E-state index is -4.27. The Morgan fingerprint density at radius 3 is 2.62 bits per heavy atom. The lowest BCUT2D eigenvalue weighted by molar-refractivity contribution is 0.359. The van der Waals surface area contributed by atoms with Gasteiger partial charge < -0.3 is 4.52 Å². The van der Waals surface area contributed by atoms with Gasteiger partial charge in [0.05, 0.1) is 6.54 Å². The first-order valence-electron chi connectivity index (χ1n) is 5.79. The van der Waals surface area contributed by atoms with E-state index in [4.69, 9.17) is 15.2 Å². The van der Waals surface area contributed by atoms with Crippen LogP contribution in [0.1, 0.15) is 31.5 Å². The van der Waals surface area contributed by atoms with E-state index in [1.807, 2.05) is 18.8 Å². The van der Waals surface area contributed by atoms with Crippen LogP contribution in [0.3, 0.4) is 0 Å². The van der Waals surface area contributed by atoms with Gasteiger partial charge in [-0.3, -0.25) is 14.3 Å². The van der Waals surface area contributed by atoms with Crippen molar-refractivity contribution in [1.29, 1.82) is 0 Å². The van der Waals surface area contributed by atoms with Gasteiger partial charge in [0.2, 0.25) is 5.89 Å². The van der Waals surface area contributed by atoms with Crippen molar-refractivity contribution in [3.8, 4) is 0 Å². The maximum Gasteiger partial charge on any atom is 0.328 e. The summed E-state index contributed by atoms with van der Waals surface area (Å²) in [6.07, 6.45) is 0.842. The molecule has 2 aromatic rings. The van der Waals surface area contributed by atoms with Crippen molar-refractivity contribution in [3.05, 3.63) is 38.8 Å². The molecular weight excluding hydrogens is 324 g/mol. The molecule has 114 valence electrons. The zero-order chi connectivity index (χ0) is 15.8. The third-order valence-electron chi connectivity index (χ3n) is 2.53. The molecule has 2 heterocycles. The fourth-order valence-corrected chi connectivity index (χ4v) is 2.35. The molecule has 2 rings (SSSR count). The number of rotatable bonds is 4. The summed E-state index contributed by atoms with van der Waals surface area (Å²) in [4.78, 5) is 28.2. The van der Waals surface area contributed by atoms with Crippen LogP contribution in [0.25, 0.3) is 0 Å². The number of nitrogens with zero attached hydrogens (tertiary/aromatic N) is 3. The average Bonchev–Trinajstić information content (AvgIpc) is 2.79. The van der Waals surface area contributed by atoms with Crippen LogP contribution in [-0.4, -0.2) is 28.1 Å². The Morgan fingerprint density at radius 2 is 2.10 bits per heavy atom. The van der Waals surface area contributed by atoms with Crippen molar-refractivity contribution in [3.63, 3.8) is 0 Å². The zero-order valence-electron chi connectivity index (χ0n) is 11.0. The van der Waals surface area contributed by atoms with Gasteiger partial charge in [-0.1, -0.05) is 19.0 Å². The van der Waals surface area contributed by atoms with Gasteiger partial charge in [0.15, 0.2) is 10.7 Å². The monoisotopic (exact) mass is 334 g/mol. The molecule has 0 radical (unpaired) electrons. The number of halogens is 1. The van der Waals surface area contributed by atoms with Crippen LogP contribution in [-0.2, 0) is 15.6 Å². The first-order chi connectivity index (χ1) is 9.68. The number of H-pyrrole nitrogens is 1. The maximum absolute atomic E-state index is 11.6. The maximum atomic E-state index is 11.6. The van der Waals surface area contributed by atoms with Crippen molar-refractivity contribution in [2.75, 3.05) is 0 Å². The highest BCUT2D eigenvalue weighted by molar-refractivity contribution is 8.13. The molecule has 2 aromatic heterocycles. The highest BCUT2D eigenvalue weighted by atomic mass is 35.7. The van der Waals surface area contributed by atoms with Crippen LogP contribution < -0.4 is 11.2 Å². The fraction of sp³-hybridized carbons (Fsp3) is 0.400. The minimum absolute atomic E-state index is 0.0114. The smallest absolute Gasteiger partial charge is 0.328 e. The first kappa shape index (κ1) is 15.4. The molecule has 0 aliphatic carbocycles. The van der Waals surface area contributed by atoms with Crippen LogP contribution in [0.15, 0.2) is 25.2 Å². The van der Waals surface area contributed by atoms with E-state index in [0.717, 1.165) is 10.8 Å². The SMILES string of the molecule is CC(C)c1nc(Cn2cc(S(=O)(=O)Cl)c(=O)[nH]c2=O)no1. The molecule has 0 saturated carbocycles. The minimum Gasteiger partial charge on any atom is -0.339 e. The molecule has 0 bridgehead atoms. The fourth-order valence-electron chi connectivity index (χ4n) is 1.50. The summed E-state index contributed by atoms with van der Waals surface area (Å²) in [6.45, 7) is 3.54. The largest absolute Gasteiger partial charge is 0.339 e. The summed E-state index contributed by atoms with van der Waals surface area (Å²) in [5.74, 6) is 0.566. The lowest BCUT2D eigenvalue weighted by Gasteiger charge is -2.02. The molecule has 0 fully saturated rings. The first-order valence-corrected chi connectivity index (χ1v) is 8.10. The van der Waals surface area contributed by atoms with Crippen molar-refractivity contribution in [2.24, 2.45) is 0 Å². The zero-order valence-corrected chi connectivity index (χ0v) is 12.6. The molecule has 21 heavy (non-hydrogen) atoms. The predicted molar refractivity (Wildman–Crippen MR) is 71.9 cm³/mol. The molecule has 0 amide bonds. The second kappa shape index (κ2) is 5.45. The van der Waals surface area contributed by atoms with Crippen LogP contribution in [0.5, 0.6) is 0 Å². The highest BCUT2D eigenvalue weighted by Gasteiger charge is 2.18. The van der Waals surface area contributed by atoms with Gasteiger partial charge in [-0.2, -0.15) is 4.98 Å². The molecule has 0 saturated heterocycles. The van der Waals surface area contributed by atoms with Gasteiger partial charge in [0.1, 0.15) is 0 Å². The van der Waals surface area contributed by atoms with E-state index in [-0.39, 0.29) is 18.3 Å². The Hall–Kier alpha value is -1.94.